The second-order valence-corrected chi connectivity index (χ2v) is 14.4. The van der Waals surface area contributed by atoms with Gasteiger partial charge in [0.05, 0.1) is 16.4 Å². The fourth-order valence-corrected chi connectivity index (χ4v) is 8.64. The lowest BCUT2D eigenvalue weighted by Crippen LogP contribution is -2.15. The standard InChI is InChI=1S/C48H32N4O/c1-48(2)36-22-12-9-19-33(36)39-40-34-20-10-13-23-37(34)52(43(40)41-35-21-11-14-24-38(35)53-44(41)42(39)48)32-27-25-31(26-28-32)47-50-45(29-15-5-3-6-16-29)49-46(51-47)30-17-7-4-8-18-30/h3-28H,1-2H3. The van der Waals surface area contributed by atoms with Crippen LogP contribution in [0.3, 0.4) is 0 Å². The Balaban J connectivity index is 1.18. The number of benzene rings is 7. The van der Waals surface area contributed by atoms with Crippen LogP contribution in [0, 0.1) is 0 Å². The van der Waals surface area contributed by atoms with Gasteiger partial charge in [-0.15, -0.1) is 0 Å². The van der Waals surface area contributed by atoms with E-state index < -0.39 is 0 Å². The molecule has 5 nitrogen and oxygen atoms in total. The van der Waals surface area contributed by atoms with E-state index in [0.717, 1.165) is 55.3 Å². The summed E-state index contributed by atoms with van der Waals surface area (Å²) in [7, 11) is 0. The minimum atomic E-state index is -0.237. The van der Waals surface area contributed by atoms with Gasteiger partial charge in [0, 0.05) is 49.5 Å². The molecule has 7 aromatic carbocycles. The quantitative estimate of drug-likeness (QED) is 0.186. The third-order valence-electron chi connectivity index (χ3n) is 11.0. The van der Waals surface area contributed by atoms with E-state index in [9.17, 15) is 0 Å². The molecule has 0 saturated heterocycles. The Kier molecular flexibility index (Phi) is 6.23. The summed E-state index contributed by atoms with van der Waals surface area (Å²) in [5.74, 6) is 1.92. The molecule has 0 N–H and O–H groups in total. The van der Waals surface area contributed by atoms with Gasteiger partial charge in [0.1, 0.15) is 11.2 Å². The van der Waals surface area contributed by atoms with E-state index >= 15 is 0 Å². The molecule has 3 aromatic heterocycles. The van der Waals surface area contributed by atoms with E-state index in [4.69, 9.17) is 19.4 Å². The van der Waals surface area contributed by atoms with Gasteiger partial charge in [0.25, 0.3) is 0 Å². The Bertz CT molecular complexity index is 3010. The second-order valence-electron chi connectivity index (χ2n) is 14.4. The van der Waals surface area contributed by atoms with Gasteiger partial charge < -0.3 is 8.98 Å². The third-order valence-corrected chi connectivity index (χ3v) is 11.0. The molecule has 53 heavy (non-hydrogen) atoms. The van der Waals surface area contributed by atoms with Gasteiger partial charge in [0.2, 0.25) is 0 Å². The summed E-state index contributed by atoms with van der Waals surface area (Å²) in [4.78, 5) is 14.9. The summed E-state index contributed by atoms with van der Waals surface area (Å²) >= 11 is 0. The minimum Gasteiger partial charge on any atom is -0.456 e. The van der Waals surface area contributed by atoms with Crippen molar-refractivity contribution in [3.05, 3.63) is 169 Å². The van der Waals surface area contributed by atoms with E-state index in [1.165, 1.54) is 33.0 Å². The number of fused-ring (bicyclic) bond motifs is 12. The van der Waals surface area contributed by atoms with Crippen molar-refractivity contribution in [2.75, 3.05) is 0 Å². The summed E-state index contributed by atoms with van der Waals surface area (Å²) in [6.45, 7) is 4.67. The summed E-state index contributed by atoms with van der Waals surface area (Å²) in [5, 5.41) is 4.75. The van der Waals surface area contributed by atoms with Crippen molar-refractivity contribution < 1.29 is 4.42 Å². The number of aromatic nitrogens is 4. The van der Waals surface area contributed by atoms with Crippen LogP contribution in [-0.4, -0.2) is 19.5 Å². The van der Waals surface area contributed by atoms with Crippen LogP contribution in [0.4, 0.5) is 0 Å². The highest BCUT2D eigenvalue weighted by atomic mass is 16.3. The molecule has 0 bridgehead atoms. The molecule has 3 heterocycles. The zero-order valence-electron chi connectivity index (χ0n) is 29.2. The SMILES string of the molecule is CC1(C)c2ccccc2-c2c1c1oc3ccccc3c1c1c2c2ccccc2n1-c1ccc(-c2nc(-c3ccccc3)nc(-c3ccccc3)n2)cc1. The van der Waals surface area contributed by atoms with Crippen LogP contribution in [0.1, 0.15) is 25.0 Å². The first-order valence-electron chi connectivity index (χ1n) is 18.0. The van der Waals surface area contributed by atoms with E-state index in [2.05, 4.69) is 115 Å². The average Bonchev–Trinajstić information content (AvgIpc) is 3.84. The highest BCUT2D eigenvalue weighted by molar-refractivity contribution is 6.30. The molecule has 0 spiro atoms. The minimum absolute atomic E-state index is 0.237. The summed E-state index contributed by atoms with van der Waals surface area (Å²) in [5.41, 5.74) is 12.9. The Hall–Kier alpha value is -6.85. The Labute approximate surface area is 305 Å². The second kappa shape index (κ2) is 11.1. The van der Waals surface area contributed by atoms with Crippen LogP contribution < -0.4 is 0 Å². The van der Waals surface area contributed by atoms with Crippen molar-refractivity contribution in [2.45, 2.75) is 19.3 Å². The van der Waals surface area contributed by atoms with E-state index in [1.54, 1.807) is 0 Å². The predicted molar refractivity (Wildman–Crippen MR) is 215 cm³/mol. The highest BCUT2D eigenvalue weighted by Crippen LogP contribution is 2.57. The van der Waals surface area contributed by atoms with Gasteiger partial charge in [0.15, 0.2) is 17.5 Å². The molecule has 0 radical (unpaired) electrons. The number of nitrogens with zero attached hydrogens (tertiary/aromatic N) is 4. The van der Waals surface area contributed by atoms with Crippen LogP contribution in [0.25, 0.3) is 94.7 Å². The zero-order valence-corrected chi connectivity index (χ0v) is 29.2. The Morgan fingerprint density at radius 1 is 0.509 bits per heavy atom. The number of hydrogen-bond acceptors (Lipinski definition) is 4. The molecule has 0 atom stereocenters. The van der Waals surface area contributed by atoms with E-state index in [1.807, 2.05) is 60.7 Å². The van der Waals surface area contributed by atoms with E-state index in [0.29, 0.717) is 17.5 Å². The zero-order chi connectivity index (χ0) is 35.3. The van der Waals surface area contributed by atoms with Crippen LogP contribution in [0.2, 0.25) is 0 Å². The average molecular weight is 681 g/mol. The van der Waals surface area contributed by atoms with Crippen molar-refractivity contribution in [1.29, 1.82) is 0 Å². The first-order chi connectivity index (χ1) is 26.1. The molecule has 0 fully saturated rings. The monoisotopic (exact) mass is 680 g/mol. The number of furan rings is 1. The lowest BCUT2D eigenvalue weighted by molar-refractivity contribution is 0.620. The molecule has 11 rings (SSSR count). The predicted octanol–water partition coefficient (Wildman–Crippen LogP) is 12.2. The molecule has 5 heteroatoms. The highest BCUT2D eigenvalue weighted by Gasteiger charge is 2.41. The first kappa shape index (κ1) is 29.8. The van der Waals surface area contributed by atoms with Gasteiger partial charge in [-0.25, -0.2) is 15.0 Å². The topological polar surface area (TPSA) is 56.7 Å². The molecule has 0 amide bonds. The maximum Gasteiger partial charge on any atom is 0.164 e. The Morgan fingerprint density at radius 2 is 1.06 bits per heavy atom. The van der Waals surface area contributed by atoms with Crippen molar-refractivity contribution in [2.24, 2.45) is 0 Å². The van der Waals surface area contributed by atoms with Crippen LogP contribution in [-0.2, 0) is 5.41 Å². The molecule has 0 unspecified atom stereocenters. The van der Waals surface area contributed by atoms with Crippen molar-refractivity contribution >= 4 is 43.7 Å². The molecule has 1 aliphatic carbocycles. The van der Waals surface area contributed by atoms with Crippen molar-refractivity contribution in [1.82, 2.24) is 19.5 Å². The van der Waals surface area contributed by atoms with Crippen LogP contribution in [0.15, 0.2) is 162 Å². The van der Waals surface area contributed by atoms with Crippen LogP contribution >= 0.6 is 0 Å². The Morgan fingerprint density at radius 3 is 1.74 bits per heavy atom. The summed E-state index contributed by atoms with van der Waals surface area (Å²) in [6, 6.07) is 55.0. The maximum atomic E-state index is 6.89. The van der Waals surface area contributed by atoms with Gasteiger partial charge in [-0.05, 0) is 53.1 Å². The molecular formula is C48H32N4O. The van der Waals surface area contributed by atoms with Crippen molar-refractivity contribution in [3.8, 4) is 51.0 Å². The fraction of sp³-hybridized carbons (Fsp3) is 0.0625. The smallest absolute Gasteiger partial charge is 0.164 e. The normalized spacial score (nSPS) is 13.2. The third kappa shape index (κ3) is 4.28. The molecule has 250 valence electrons. The lowest BCUT2D eigenvalue weighted by Gasteiger charge is -2.22. The fourth-order valence-electron chi connectivity index (χ4n) is 8.64. The molecule has 1 aliphatic rings. The van der Waals surface area contributed by atoms with Gasteiger partial charge in [-0.1, -0.05) is 135 Å². The molecular weight excluding hydrogens is 649 g/mol. The maximum absolute atomic E-state index is 6.89. The van der Waals surface area contributed by atoms with Crippen LogP contribution in [0.5, 0.6) is 0 Å². The molecule has 10 aromatic rings. The van der Waals surface area contributed by atoms with Gasteiger partial charge in [-0.3, -0.25) is 0 Å². The van der Waals surface area contributed by atoms with Crippen molar-refractivity contribution in [3.63, 3.8) is 0 Å². The lowest BCUT2D eigenvalue weighted by atomic mass is 9.81. The van der Waals surface area contributed by atoms with Gasteiger partial charge in [-0.2, -0.15) is 0 Å². The van der Waals surface area contributed by atoms with Gasteiger partial charge >= 0.3 is 0 Å². The number of hydrogen-bond donors (Lipinski definition) is 0. The number of rotatable bonds is 4. The summed E-state index contributed by atoms with van der Waals surface area (Å²) in [6.07, 6.45) is 0. The largest absolute Gasteiger partial charge is 0.456 e. The number of para-hydroxylation sites is 2. The van der Waals surface area contributed by atoms with E-state index in [-0.39, 0.29) is 5.41 Å². The molecule has 0 aliphatic heterocycles. The summed E-state index contributed by atoms with van der Waals surface area (Å²) < 4.78 is 9.32. The molecule has 0 saturated carbocycles. The first-order valence-corrected chi connectivity index (χ1v) is 18.0.